The summed E-state index contributed by atoms with van der Waals surface area (Å²) in [4.78, 5) is 44.3. The van der Waals surface area contributed by atoms with Crippen molar-refractivity contribution < 1.29 is 24.2 Å². The topological polar surface area (TPSA) is 148 Å². The predicted octanol–water partition coefficient (Wildman–Crippen LogP) is 2.07. The fourth-order valence-corrected chi connectivity index (χ4v) is 5.66. The Labute approximate surface area is 225 Å². The van der Waals surface area contributed by atoms with Crippen LogP contribution < -0.4 is 15.4 Å². The van der Waals surface area contributed by atoms with E-state index in [9.17, 15) is 24.8 Å². The number of rotatable bonds is 8. The highest BCUT2D eigenvalue weighted by molar-refractivity contribution is 6.02. The van der Waals surface area contributed by atoms with Crippen LogP contribution in [-0.2, 0) is 9.59 Å². The fraction of sp³-hybridized carbons (Fsp3) is 0.379. The van der Waals surface area contributed by atoms with Gasteiger partial charge in [-0.1, -0.05) is 36.4 Å². The molecule has 5 atom stereocenters. The number of benzene rings is 2. The minimum atomic E-state index is -1.49. The van der Waals surface area contributed by atoms with Crippen LogP contribution in [-0.4, -0.2) is 71.1 Å². The van der Waals surface area contributed by atoms with Gasteiger partial charge in [0, 0.05) is 35.8 Å². The number of nitrogens with zero attached hydrogens (tertiary/aromatic N) is 2. The summed E-state index contributed by atoms with van der Waals surface area (Å²) in [5.74, 6) is -0.810. The molecular weight excluding hydrogens is 498 g/mol. The normalized spacial score (nSPS) is 22.2. The molecule has 0 unspecified atom stereocenters. The van der Waals surface area contributed by atoms with Crippen LogP contribution in [0.4, 0.5) is 0 Å². The van der Waals surface area contributed by atoms with Crippen LogP contribution in [0.25, 0.3) is 10.9 Å². The molecule has 3 amide bonds. The Balaban J connectivity index is 1.42. The lowest BCUT2D eigenvalue weighted by Crippen LogP contribution is -2.52. The summed E-state index contributed by atoms with van der Waals surface area (Å²) in [5.41, 5.74) is 2.09. The van der Waals surface area contributed by atoms with Crippen LogP contribution in [0.3, 0.4) is 0 Å². The average molecular weight is 530 g/mol. The molecule has 2 fully saturated rings. The van der Waals surface area contributed by atoms with E-state index in [1.165, 1.54) is 0 Å². The number of aromatic nitrogens is 1. The van der Waals surface area contributed by atoms with Crippen LogP contribution in [0.15, 0.2) is 54.6 Å². The smallest absolute Gasteiger partial charge is 0.271 e. The van der Waals surface area contributed by atoms with Gasteiger partial charge in [0.25, 0.3) is 5.91 Å². The Morgan fingerprint density at radius 3 is 2.72 bits per heavy atom. The van der Waals surface area contributed by atoms with Crippen molar-refractivity contribution >= 4 is 28.6 Å². The Hall–Kier alpha value is -4.36. The molecule has 2 saturated heterocycles. The molecule has 3 aromatic rings. The Morgan fingerprint density at radius 2 is 2.03 bits per heavy atom. The highest BCUT2D eigenvalue weighted by atomic mass is 16.5. The number of methoxy groups -OCH3 is 1. The number of amides is 3. The molecule has 0 spiro atoms. The van der Waals surface area contributed by atoms with Crippen molar-refractivity contribution in [3.05, 3.63) is 65.9 Å². The van der Waals surface area contributed by atoms with Crippen LogP contribution in [0.1, 0.15) is 41.2 Å². The third-order valence-corrected chi connectivity index (χ3v) is 7.75. The average Bonchev–Trinajstić information content (AvgIpc) is 3.70. The molecule has 2 aromatic carbocycles. The van der Waals surface area contributed by atoms with Crippen molar-refractivity contribution in [2.75, 3.05) is 20.2 Å². The first-order valence-corrected chi connectivity index (χ1v) is 13.1. The number of nitrogens with one attached hydrogen (secondary N) is 3. The van der Waals surface area contributed by atoms with Gasteiger partial charge < -0.3 is 30.4 Å². The summed E-state index contributed by atoms with van der Waals surface area (Å²) in [5, 5.41) is 26.0. The number of aromatic amines is 1. The quantitative estimate of drug-likeness (QED) is 0.329. The lowest BCUT2D eigenvalue weighted by Gasteiger charge is -2.27. The van der Waals surface area contributed by atoms with E-state index in [0.717, 1.165) is 16.5 Å². The first-order chi connectivity index (χ1) is 18.9. The molecule has 10 heteroatoms. The van der Waals surface area contributed by atoms with E-state index in [4.69, 9.17) is 4.74 Å². The van der Waals surface area contributed by atoms with Crippen molar-refractivity contribution in [1.29, 1.82) is 5.26 Å². The van der Waals surface area contributed by atoms with Gasteiger partial charge >= 0.3 is 0 Å². The maximum absolute atomic E-state index is 13.8. The third kappa shape index (κ3) is 5.31. The van der Waals surface area contributed by atoms with E-state index < -0.39 is 30.0 Å². The molecule has 2 aliphatic rings. The predicted molar refractivity (Wildman–Crippen MR) is 143 cm³/mol. The monoisotopic (exact) mass is 529 g/mol. The van der Waals surface area contributed by atoms with Gasteiger partial charge in [0.1, 0.15) is 17.5 Å². The van der Waals surface area contributed by atoms with E-state index in [2.05, 4.69) is 15.6 Å². The molecular formula is C29H31N5O5. The van der Waals surface area contributed by atoms with Gasteiger partial charge in [-0.25, -0.2) is 0 Å². The number of aliphatic hydroxyl groups is 1. The molecule has 1 aromatic heterocycles. The number of fused-ring (bicyclic) bond motifs is 1. The minimum Gasteiger partial charge on any atom is -0.496 e. The van der Waals surface area contributed by atoms with Gasteiger partial charge in [-0.05, 0) is 43.0 Å². The first-order valence-electron chi connectivity index (χ1n) is 13.1. The summed E-state index contributed by atoms with van der Waals surface area (Å²) in [6.45, 7) is 0.843. The van der Waals surface area contributed by atoms with Gasteiger partial charge in [0.2, 0.25) is 11.8 Å². The van der Waals surface area contributed by atoms with Gasteiger partial charge in [0.15, 0.2) is 6.10 Å². The molecule has 3 heterocycles. The SMILES string of the molecule is COc1cccc2[nH]c(C(=O)N3C[C@H](c4ccccc4)C[C@H]3C(=O)N[C@@H](C[C@@H]3CCNC3=O)[C@H](O)C#N)cc12. The van der Waals surface area contributed by atoms with E-state index >= 15 is 0 Å². The molecule has 2 aliphatic heterocycles. The van der Waals surface area contributed by atoms with Crippen molar-refractivity contribution in [3.63, 3.8) is 0 Å². The number of carbonyl (C=O) groups is 3. The summed E-state index contributed by atoms with van der Waals surface area (Å²) in [7, 11) is 1.57. The lowest BCUT2D eigenvalue weighted by atomic mass is 9.94. The zero-order valence-corrected chi connectivity index (χ0v) is 21.6. The van der Waals surface area contributed by atoms with Gasteiger partial charge in [0.05, 0.1) is 19.2 Å². The van der Waals surface area contributed by atoms with Crippen LogP contribution in [0.2, 0.25) is 0 Å². The Bertz CT molecular complexity index is 1410. The van der Waals surface area contributed by atoms with E-state index in [1.54, 1.807) is 24.1 Å². The molecule has 0 aliphatic carbocycles. The van der Waals surface area contributed by atoms with Crippen molar-refractivity contribution in [2.24, 2.45) is 5.92 Å². The number of nitriles is 1. The molecule has 0 radical (unpaired) electrons. The third-order valence-electron chi connectivity index (χ3n) is 7.75. The summed E-state index contributed by atoms with van der Waals surface area (Å²) in [6, 6.07) is 16.9. The second-order valence-corrected chi connectivity index (χ2v) is 10.1. The summed E-state index contributed by atoms with van der Waals surface area (Å²) < 4.78 is 5.43. The number of likely N-dealkylation sites (tertiary alicyclic amines) is 1. The van der Waals surface area contributed by atoms with E-state index in [1.807, 2.05) is 48.5 Å². The molecule has 39 heavy (non-hydrogen) atoms. The fourth-order valence-electron chi connectivity index (χ4n) is 5.66. The zero-order chi connectivity index (χ0) is 27.5. The number of hydrogen-bond donors (Lipinski definition) is 4. The molecule has 202 valence electrons. The second-order valence-electron chi connectivity index (χ2n) is 10.1. The first kappa shape index (κ1) is 26.3. The van der Waals surface area contributed by atoms with Crippen molar-refractivity contribution in [1.82, 2.24) is 20.5 Å². The number of aliphatic hydroxyl groups excluding tert-OH is 1. The van der Waals surface area contributed by atoms with Crippen LogP contribution in [0.5, 0.6) is 5.75 Å². The van der Waals surface area contributed by atoms with Gasteiger partial charge in [-0.2, -0.15) is 5.26 Å². The van der Waals surface area contributed by atoms with Crippen molar-refractivity contribution in [3.8, 4) is 11.8 Å². The minimum absolute atomic E-state index is 0.0789. The van der Waals surface area contributed by atoms with Crippen LogP contribution in [0, 0.1) is 17.2 Å². The molecule has 5 rings (SSSR count). The zero-order valence-electron chi connectivity index (χ0n) is 21.6. The second kappa shape index (κ2) is 11.2. The largest absolute Gasteiger partial charge is 0.496 e. The number of hydrogen-bond acceptors (Lipinski definition) is 6. The maximum Gasteiger partial charge on any atom is 0.271 e. The number of ether oxygens (including phenoxy) is 1. The molecule has 0 bridgehead atoms. The lowest BCUT2D eigenvalue weighted by molar-refractivity contribution is -0.127. The summed E-state index contributed by atoms with van der Waals surface area (Å²) in [6.07, 6.45) is -0.405. The van der Waals surface area contributed by atoms with E-state index in [-0.39, 0.29) is 24.2 Å². The summed E-state index contributed by atoms with van der Waals surface area (Å²) >= 11 is 0. The highest BCUT2D eigenvalue weighted by Gasteiger charge is 2.42. The maximum atomic E-state index is 13.8. The molecule has 10 nitrogen and oxygen atoms in total. The van der Waals surface area contributed by atoms with Crippen LogP contribution >= 0.6 is 0 Å². The van der Waals surface area contributed by atoms with Gasteiger partial charge in [-0.15, -0.1) is 0 Å². The number of H-pyrrole nitrogens is 1. The number of carbonyl (C=O) groups excluding carboxylic acids is 3. The Morgan fingerprint density at radius 1 is 1.23 bits per heavy atom. The van der Waals surface area contributed by atoms with E-state index in [0.29, 0.717) is 37.4 Å². The molecule has 4 N–H and O–H groups in total. The van der Waals surface area contributed by atoms with Gasteiger partial charge in [-0.3, -0.25) is 14.4 Å². The molecule has 0 saturated carbocycles. The standard InChI is InChI=1S/C29H31N5O5/c1-39-26-9-5-8-21-20(26)14-23(32-21)29(38)34-16-19(17-6-3-2-4-7-17)13-24(34)28(37)33-22(25(35)15-30)12-18-10-11-31-27(18)36/h2-9,14,18-19,22,24-25,32,35H,10-13,16H2,1H3,(H,31,36)(H,33,37)/t18-,19+,22-,24-,25+/m0/s1. The Kier molecular flexibility index (Phi) is 7.52. The van der Waals surface area contributed by atoms with Crippen molar-refractivity contribution in [2.45, 2.75) is 43.4 Å². The highest BCUT2D eigenvalue weighted by Crippen LogP contribution is 2.34.